The van der Waals surface area contributed by atoms with Crippen LogP contribution >= 0.6 is 0 Å². The molecule has 2 N–H and O–H groups in total. The van der Waals surface area contributed by atoms with Crippen molar-refractivity contribution in [2.75, 3.05) is 13.2 Å². The van der Waals surface area contributed by atoms with Crippen LogP contribution in [0.2, 0.25) is 0 Å². The van der Waals surface area contributed by atoms with E-state index in [4.69, 9.17) is 4.74 Å². The Labute approximate surface area is 158 Å². The Balaban J connectivity index is 1.47. The molecule has 146 valence electrons. The summed E-state index contributed by atoms with van der Waals surface area (Å²) in [7, 11) is 0. The summed E-state index contributed by atoms with van der Waals surface area (Å²) in [5.74, 6) is 2.25. The van der Waals surface area contributed by atoms with Gasteiger partial charge in [0.05, 0.1) is 24.9 Å². The molecule has 0 aromatic rings. The summed E-state index contributed by atoms with van der Waals surface area (Å²) in [5.41, 5.74) is 1.30. The van der Waals surface area contributed by atoms with Crippen LogP contribution in [0.25, 0.3) is 0 Å². The zero-order chi connectivity index (χ0) is 18.2. The van der Waals surface area contributed by atoms with E-state index in [0.29, 0.717) is 29.1 Å². The van der Waals surface area contributed by atoms with E-state index in [0.717, 1.165) is 58.2 Å². The topological polar surface area (TPSA) is 49.7 Å². The minimum Gasteiger partial charge on any atom is -0.393 e. The van der Waals surface area contributed by atoms with Gasteiger partial charge in [0.15, 0.2) is 0 Å². The third-order valence-electron chi connectivity index (χ3n) is 10.0. The highest BCUT2D eigenvalue weighted by atomic mass is 16.5. The van der Waals surface area contributed by atoms with Crippen molar-refractivity contribution in [3.05, 3.63) is 11.6 Å². The van der Waals surface area contributed by atoms with Crippen molar-refractivity contribution in [1.82, 2.24) is 0 Å². The predicted molar refractivity (Wildman–Crippen MR) is 102 cm³/mol. The van der Waals surface area contributed by atoms with E-state index in [1.54, 1.807) is 0 Å². The van der Waals surface area contributed by atoms with Crippen LogP contribution in [0.3, 0.4) is 0 Å². The van der Waals surface area contributed by atoms with E-state index in [-0.39, 0.29) is 11.5 Å². The zero-order valence-corrected chi connectivity index (χ0v) is 16.5. The lowest BCUT2D eigenvalue weighted by atomic mass is 9.43. The first kappa shape index (κ1) is 17.7. The van der Waals surface area contributed by atoms with E-state index in [2.05, 4.69) is 19.9 Å². The fraction of sp³-hybridized carbons (Fsp3) is 0.913. The Morgan fingerprint density at radius 3 is 2.62 bits per heavy atom. The second kappa shape index (κ2) is 5.81. The SMILES string of the molecule is CC12CCC(O)CC1CCC1C2CCC2(C)C(C3=CCOC3)CCC12O. The number of aliphatic hydroxyl groups is 2. The van der Waals surface area contributed by atoms with Crippen LogP contribution in [-0.2, 0) is 4.74 Å². The molecule has 1 aliphatic heterocycles. The molecule has 1 heterocycles. The lowest BCUT2D eigenvalue weighted by molar-refractivity contribution is -0.208. The van der Waals surface area contributed by atoms with E-state index in [1.807, 2.05) is 0 Å². The quantitative estimate of drug-likeness (QED) is 0.693. The van der Waals surface area contributed by atoms with Gasteiger partial charge in [-0.15, -0.1) is 0 Å². The van der Waals surface area contributed by atoms with E-state index >= 15 is 0 Å². The van der Waals surface area contributed by atoms with Crippen LogP contribution < -0.4 is 0 Å². The van der Waals surface area contributed by atoms with Gasteiger partial charge in [-0.25, -0.2) is 0 Å². The first-order valence-corrected chi connectivity index (χ1v) is 11.1. The van der Waals surface area contributed by atoms with E-state index < -0.39 is 5.60 Å². The van der Waals surface area contributed by atoms with Gasteiger partial charge < -0.3 is 14.9 Å². The predicted octanol–water partition coefficient (Wildman–Crippen LogP) is 4.08. The van der Waals surface area contributed by atoms with Gasteiger partial charge in [-0.2, -0.15) is 0 Å². The molecule has 4 fully saturated rings. The van der Waals surface area contributed by atoms with Gasteiger partial charge in [-0.05, 0) is 92.4 Å². The maximum Gasteiger partial charge on any atom is 0.0737 e. The average molecular weight is 361 g/mol. The van der Waals surface area contributed by atoms with E-state index in [1.165, 1.54) is 18.4 Å². The van der Waals surface area contributed by atoms with E-state index in [9.17, 15) is 10.2 Å². The molecule has 0 radical (unpaired) electrons. The highest BCUT2D eigenvalue weighted by Gasteiger charge is 2.67. The zero-order valence-electron chi connectivity index (χ0n) is 16.5. The van der Waals surface area contributed by atoms with Crippen molar-refractivity contribution < 1.29 is 14.9 Å². The van der Waals surface area contributed by atoms with Gasteiger partial charge >= 0.3 is 0 Å². The Bertz CT molecular complexity index is 615. The normalized spacial score (nSPS) is 56.5. The minimum absolute atomic E-state index is 0.0189. The molecular formula is C23H36O3. The van der Waals surface area contributed by atoms with Gasteiger partial charge in [0, 0.05) is 5.41 Å². The fourth-order valence-electron chi connectivity index (χ4n) is 8.44. The summed E-state index contributed by atoms with van der Waals surface area (Å²) in [5, 5.41) is 22.3. The van der Waals surface area contributed by atoms with Crippen molar-refractivity contribution in [1.29, 1.82) is 0 Å². The molecular weight excluding hydrogens is 324 g/mol. The maximum atomic E-state index is 12.1. The highest BCUT2D eigenvalue weighted by molar-refractivity contribution is 5.25. The number of ether oxygens (including phenoxy) is 1. The summed E-state index contributed by atoms with van der Waals surface area (Å²) in [6.07, 6.45) is 12.2. The molecule has 4 aliphatic carbocycles. The third kappa shape index (κ3) is 2.17. The molecule has 5 aliphatic rings. The van der Waals surface area contributed by atoms with Gasteiger partial charge in [-0.1, -0.05) is 19.9 Å². The second-order valence-corrected chi connectivity index (χ2v) is 10.7. The van der Waals surface area contributed by atoms with Crippen molar-refractivity contribution >= 4 is 0 Å². The van der Waals surface area contributed by atoms with Gasteiger partial charge in [0.2, 0.25) is 0 Å². The highest BCUT2D eigenvalue weighted by Crippen LogP contribution is 2.69. The summed E-state index contributed by atoms with van der Waals surface area (Å²) in [6, 6.07) is 0. The molecule has 3 nitrogen and oxygen atoms in total. The molecule has 8 unspecified atom stereocenters. The summed E-state index contributed by atoms with van der Waals surface area (Å²) in [4.78, 5) is 0. The van der Waals surface area contributed by atoms with Crippen LogP contribution in [0.15, 0.2) is 11.6 Å². The van der Waals surface area contributed by atoms with Crippen molar-refractivity contribution in [2.24, 2.45) is 34.5 Å². The van der Waals surface area contributed by atoms with Gasteiger partial charge in [0.25, 0.3) is 0 Å². The maximum absolute atomic E-state index is 12.1. The molecule has 5 rings (SSSR count). The number of aliphatic hydroxyl groups excluding tert-OH is 1. The molecule has 0 saturated heterocycles. The van der Waals surface area contributed by atoms with Crippen LogP contribution in [-0.4, -0.2) is 35.1 Å². The van der Waals surface area contributed by atoms with Crippen molar-refractivity contribution in [2.45, 2.75) is 83.3 Å². The Morgan fingerprint density at radius 2 is 1.85 bits per heavy atom. The molecule has 0 amide bonds. The molecule has 0 bridgehead atoms. The number of rotatable bonds is 1. The first-order valence-electron chi connectivity index (χ1n) is 11.1. The largest absolute Gasteiger partial charge is 0.393 e. The molecule has 0 spiro atoms. The summed E-state index contributed by atoms with van der Waals surface area (Å²) >= 11 is 0. The number of hydrogen-bond donors (Lipinski definition) is 2. The number of hydrogen-bond acceptors (Lipinski definition) is 3. The van der Waals surface area contributed by atoms with Gasteiger partial charge in [-0.3, -0.25) is 0 Å². The molecule has 26 heavy (non-hydrogen) atoms. The van der Waals surface area contributed by atoms with Crippen molar-refractivity contribution in [3.63, 3.8) is 0 Å². The van der Waals surface area contributed by atoms with Crippen LogP contribution in [0.5, 0.6) is 0 Å². The monoisotopic (exact) mass is 360 g/mol. The van der Waals surface area contributed by atoms with Crippen molar-refractivity contribution in [3.8, 4) is 0 Å². The molecule has 0 aromatic carbocycles. The molecule has 4 saturated carbocycles. The van der Waals surface area contributed by atoms with Gasteiger partial charge in [0.1, 0.15) is 0 Å². The first-order chi connectivity index (χ1) is 12.4. The summed E-state index contributed by atoms with van der Waals surface area (Å²) in [6.45, 7) is 6.42. The third-order valence-corrected chi connectivity index (χ3v) is 10.0. The second-order valence-electron chi connectivity index (χ2n) is 10.7. The average Bonchev–Trinajstić information content (AvgIpc) is 3.21. The molecule has 3 heteroatoms. The minimum atomic E-state index is -0.506. The number of fused-ring (bicyclic) bond motifs is 5. The standard InChI is InChI=1S/C23H36O3/c1-21-9-5-17(24)13-16(21)3-4-20-19(21)6-10-22(2)18(7-11-23(20,22)25)15-8-12-26-14-15/h8,16-20,24-25H,3-7,9-14H2,1-2H3. The Hall–Kier alpha value is -0.380. The Kier molecular flexibility index (Phi) is 3.96. The van der Waals surface area contributed by atoms with Crippen LogP contribution in [0.1, 0.15) is 71.6 Å². The molecule has 8 atom stereocenters. The fourth-order valence-corrected chi connectivity index (χ4v) is 8.44. The summed E-state index contributed by atoms with van der Waals surface area (Å²) < 4.78 is 5.63. The lowest BCUT2D eigenvalue weighted by Crippen LogP contribution is -2.62. The molecule has 0 aromatic heterocycles. The lowest BCUT2D eigenvalue weighted by Gasteiger charge is -2.63. The Morgan fingerprint density at radius 1 is 1.00 bits per heavy atom. The van der Waals surface area contributed by atoms with Crippen LogP contribution in [0.4, 0.5) is 0 Å². The smallest absolute Gasteiger partial charge is 0.0737 e. The van der Waals surface area contributed by atoms with Crippen LogP contribution in [0, 0.1) is 34.5 Å².